The van der Waals surface area contributed by atoms with Crippen molar-refractivity contribution in [3.05, 3.63) is 64.1 Å². The zero-order valence-electron chi connectivity index (χ0n) is 12.0. The molecule has 0 saturated carbocycles. The Hall–Kier alpha value is -1.26. The lowest BCUT2D eigenvalue weighted by atomic mass is 10.0. The molecule has 0 saturated heterocycles. The molecule has 2 nitrogen and oxygen atoms in total. The Morgan fingerprint density at radius 1 is 1.14 bits per heavy atom. The van der Waals surface area contributed by atoms with Crippen LogP contribution in [0.5, 0.6) is 0 Å². The quantitative estimate of drug-likeness (QED) is 0.728. The summed E-state index contributed by atoms with van der Waals surface area (Å²) in [7, 11) is -1.32. The lowest BCUT2D eigenvalue weighted by Crippen LogP contribution is -2.11. The Bertz CT molecular complexity index is 663. The van der Waals surface area contributed by atoms with Crippen LogP contribution < -0.4 is 0 Å². The van der Waals surface area contributed by atoms with Gasteiger partial charge < -0.3 is 0 Å². The molecule has 0 aliphatic carbocycles. The van der Waals surface area contributed by atoms with Gasteiger partial charge in [0.15, 0.2) is 5.78 Å². The summed E-state index contributed by atoms with van der Waals surface area (Å²) in [6, 6.07) is 14.8. The van der Waals surface area contributed by atoms with Crippen LogP contribution in [0.3, 0.4) is 0 Å². The highest BCUT2D eigenvalue weighted by atomic mass is 79.9. The standard InChI is InChI=1S/C17H17BrO2S/c1-12(2)13-6-8-14(9-7-13)17(19)11-21(20)16-5-3-4-15(18)10-16/h3-10,12H,11H2,1-2H3. The zero-order valence-corrected chi connectivity index (χ0v) is 14.4. The highest BCUT2D eigenvalue weighted by molar-refractivity contribution is 9.10. The van der Waals surface area contributed by atoms with E-state index in [4.69, 9.17) is 0 Å². The Balaban J connectivity index is 2.09. The molecule has 2 aromatic carbocycles. The molecule has 0 aromatic heterocycles. The SMILES string of the molecule is CC(C)c1ccc(C(=O)CS(=O)c2cccc(Br)c2)cc1. The maximum atomic E-state index is 12.2. The smallest absolute Gasteiger partial charge is 0.175 e. The highest BCUT2D eigenvalue weighted by Gasteiger charge is 2.13. The lowest BCUT2D eigenvalue weighted by molar-refractivity contribution is 0.102. The van der Waals surface area contributed by atoms with Gasteiger partial charge in [0.05, 0.1) is 16.6 Å². The number of hydrogen-bond acceptors (Lipinski definition) is 2. The van der Waals surface area contributed by atoms with Crippen LogP contribution in [0.25, 0.3) is 0 Å². The highest BCUT2D eigenvalue weighted by Crippen LogP contribution is 2.17. The number of hydrogen-bond donors (Lipinski definition) is 0. The Morgan fingerprint density at radius 2 is 1.81 bits per heavy atom. The minimum absolute atomic E-state index is 0.0114. The van der Waals surface area contributed by atoms with Crippen molar-refractivity contribution in [1.82, 2.24) is 0 Å². The number of halogens is 1. The summed E-state index contributed by atoms with van der Waals surface area (Å²) in [5.74, 6) is 0.353. The molecule has 1 atom stereocenters. The summed E-state index contributed by atoms with van der Waals surface area (Å²) in [4.78, 5) is 12.9. The predicted octanol–water partition coefficient (Wildman–Crippen LogP) is 4.56. The molecule has 0 aliphatic heterocycles. The van der Waals surface area contributed by atoms with Crippen LogP contribution in [0.2, 0.25) is 0 Å². The third-order valence-corrected chi connectivity index (χ3v) is 5.02. The molecule has 0 fully saturated rings. The van der Waals surface area contributed by atoms with Crippen molar-refractivity contribution in [2.24, 2.45) is 0 Å². The van der Waals surface area contributed by atoms with Gasteiger partial charge in [-0.2, -0.15) is 0 Å². The number of rotatable bonds is 5. The van der Waals surface area contributed by atoms with Gasteiger partial charge >= 0.3 is 0 Å². The molecule has 0 amide bonds. The molecule has 2 aromatic rings. The second kappa shape index (κ2) is 7.14. The van der Waals surface area contributed by atoms with E-state index in [-0.39, 0.29) is 11.5 Å². The number of carbonyl (C=O) groups excluding carboxylic acids is 1. The molecular formula is C17H17BrO2S. The number of benzene rings is 2. The van der Waals surface area contributed by atoms with Gasteiger partial charge in [-0.1, -0.05) is 60.1 Å². The van der Waals surface area contributed by atoms with E-state index in [1.54, 1.807) is 12.1 Å². The third kappa shape index (κ3) is 4.35. The fourth-order valence-electron chi connectivity index (χ4n) is 1.95. The van der Waals surface area contributed by atoms with Crippen LogP contribution in [0.4, 0.5) is 0 Å². The zero-order chi connectivity index (χ0) is 15.4. The topological polar surface area (TPSA) is 34.1 Å². The molecular weight excluding hydrogens is 348 g/mol. The second-order valence-electron chi connectivity index (χ2n) is 5.15. The minimum atomic E-state index is -1.32. The van der Waals surface area contributed by atoms with Crippen LogP contribution in [0.1, 0.15) is 35.7 Å². The molecule has 1 unspecified atom stereocenters. The van der Waals surface area contributed by atoms with E-state index in [0.29, 0.717) is 16.4 Å². The van der Waals surface area contributed by atoms with E-state index >= 15 is 0 Å². The molecule has 110 valence electrons. The van der Waals surface area contributed by atoms with E-state index in [1.807, 2.05) is 36.4 Å². The van der Waals surface area contributed by atoms with Gasteiger partial charge in [0.2, 0.25) is 0 Å². The van der Waals surface area contributed by atoms with Crippen LogP contribution in [-0.4, -0.2) is 15.7 Å². The van der Waals surface area contributed by atoms with E-state index in [1.165, 1.54) is 5.56 Å². The van der Waals surface area contributed by atoms with Crippen molar-refractivity contribution < 1.29 is 9.00 Å². The summed E-state index contributed by atoms with van der Waals surface area (Å²) in [6.45, 7) is 4.22. The third-order valence-electron chi connectivity index (χ3n) is 3.22. The first-order valence-electron chi connectivity index (χ1n) is 6.74. The average molecular weight is 365 g/mol. The average Bonchev–Trinajstić information content (AvgIpc) is 2.47. The molecule has 4 heteroatoms. The molecule has 0 heterocycles. The summed E-state index contributed by atoms with van der Waals surface area (Å²) in [5, 5.41) is 0. The molecule has 21 heavy (non-hydrogen) atoms. The molecule has 0 N–H and O–H groups in total. The second-order valence-corrected chi connectivity index (χ2v) is 7.51. The number of ketones is 1. The first-order chi connectivity index (χ1) is 9.97. The van der Waals surface area contributed by atoms with Crippen LogP contribution in [0, 0.1) is 0 Å². The van der Waals surface area contributed by atoms with Crippen molar-refractivity contribution in [3.63, 3.8) is 0 Å². The Labute approximate surface area is 136 Å². The maximum absolute atomic E-state index is 12.2. The van der Waals surface area contributed by atoms with Gasteiger partial charge in [0, 0.05) is 14.9 Å². The van der Waals surface area contributed by atoms with Crippen molar-refractivity contribution in [2.75, 3.05) is 5.75 Å². The van der Waals surface area contributed by atoms with E-state index < -0.39 is 10.8 Å². The fraction of sp³-hybridized carbons (Fsp3) is 0.235. The van der Waals surface area contributed by atoms with Crippen LogP contribution in [-0.2, 0) is 10.8 Å². The molecule has 2 rings (SSSR count). The van der Waals surface area contributed by atoms with Crippen molar-refractivity contribution in [2.45, 2.75) is 24.7 Å². The summed E-state index contributed by atoms with van der Waals surface area (Å²) in [5.41, 5.74) is 1.81. The first kappa shape index (κ1) is 16.1. The van der Waals surface area contributed by atoms with Crippen LogP contribution in [0.15, 0.2) is 57.9 Å². The van der Waals surface area contributed by atoms with Crippen molar-refractivity contribution >= 4 is 32.5 Å². The summed E-state index contributed by atoms with van der Waals surface area (Å²) in [6.07, 6.45) is 0. The summed E-state index contributed by atoms with van der Waals surface area (Å²) < 4.78 is 13.1. The molecule has 0 radical (unpaired) electrons. The van der Waals surface area contributed by atoms with E-state index in [0.717, 1.165) is 4.47 Å². The molecule has 0 spiro atoms. The van der Waals surface area contributed by atoms with Crippen LogP contribution >= 0.6 is 15.9 Å². The normalized spacial score (nSPS) is 12.4. The lowest BCUT2D eigenvalue weighted by Gasteiger charge is -2.07. The van der Waals surface area contributed by atoms with Crippen molar-refractivity contribution in [1.29, 1.82) is 0 Å². The predicted molar refractivity (Wildman–Crippen MR) is 90.3 cm³/mol. The Kier molecular flexibility index (Phi) is 5.48. The van der Waals surface area contributed by atoms with Gasteiger partial charge in [-0.15, -0.1) is 0 Å². The largest absolute Gasteiger partial charge is 0.293 e. The molecule has 0 bridgehead atoms. The minimum Gasteiger partial charge on any atom is -0.293 e. The Morgan fingerprint density at radius 3 is 2.38 bits per heavy atom. The first-order valence-corrected chi connectivity index (χ1v) is 8.85. The van der Waals surface area contributed by atoms with E-state index in [9.17, 15) is 9.00 Å². The van der Waals surface area contributed by atoms with Crippen molar-refractivity contribution in [3.8, 4) is 0 Å². The van der Waals surface area contributed by atoms with Gasteiger partial charge in [-0.05, 0) is 29.7 Å². The van der Waals surface area contributed by atoms with Gasteiger partial charge in [0.25, 0.3) is 0 Å². The monoisotopic (exact) mass is 364 g/mol. The number of Topliss-reactive ketones (excluding diaryl/α,β-unsaturated/α-hetero) is 1. The molecule has 0 aliphatic rings. The van der Waals surface area contributed by atoms with Gasteiger partial charge in [-0.3, -0.25) is 9.00 Å². The number of carbonyl (C=O) groups is 1. The summed E-state index contributed by atoms with van der Waals surface area (Å²) >= 11 is 3.34. The van der Waals surface area contributed by atoms with Gasteiger partial charge in [0.1, 0.15) is 0 Å². The maximum Gasteiger partial charge on any atom is 0.175 e. The fourth-order valence-corrected chi connectivity index (χ4v) is 3.56. The van der Waals surface area contributed by atoms with E-state index in [2.05, 4.69) is 29.8 Å². The van der Waals surface area contributed by atoms with Gasteiger partial charge in [-0.25, -0.2) is 0 Å².